The van der Waals surface area contributed by atoms with Crippen LogP contribution in [-0.2, 0) is 51.4 Å². The summed E-state index contributed by atoms with van der Waals surface area (Å²) in [7, 11) is 9.84. The third-order valence-electron chi connectivity index (χ3n) is 19.9. The van der Waals surface area contributed by atoms with Crippen molar-refractivity contribution in [2.45, 2.75) is 51.4 Å². The van der Waals surface area contributed by atoms with Gasteiger partial charge in [0.1, 0.15) is 46.2 Å². The van der Waals surface area contributed by atoms with E-state index in [0.29, 0.717) is 73.9 Å². The van der Waals surface area contributed by atoms with E-state index in [1.165, 1.54) is 45.8 Å². The molecule has 0 aliphatic carbocycles. The van der Waals surface area contributed by atoms with Crippen molar-refractivity contribution in [1.29, 1.82) is 0 Å². The third kappa shape index (κ3) is 20.0. The second-order valence-corrected chi connectivity index (χ2v) is 27.2. The fourth-order valence-electron chi connectivity index (χ4n) is 13.6. The molecule has 0 atom stereocenters. The molecule has 0 bridgehead atoms. The van der Waals surface area contributed by atoms with Gasteiger partial charge in [-0.05, 0) is 256 Å². The summed E-state index contributed by atoms with van der Waals surface area (Å²) in [6, 6.07) is 82.8. The first-order valence-corrected chi connectivity index (χ1v) is 38.1. The number of aromatic amines is 3. The van der Waals surface area contributed by atoms with Gasteiger partial charge in [-0.25, -0.2) is 37.2 Å². The molecule has 5 aromatic heterocycles. The molecule has 10 aromatic carbocycles. The number of H-pyrrole nitrogens is 3. The Morgan fingerprint density at radius 3 is 1.16 bits per heavy atom. The normalized spacial score (nSPS) is 11.4. The highest BCUT2D eigenvalue weighted by molar-refractivity contribution is 5.84. The number of benzene rings is 10. The molecule has 594 valence electrons. The molecule has 0 radical (unpaired) electrons. The van der Waals surface area contributed by atoms with Gasteiger partial charge >= 0.3 is 0 Å². The lowest BCUT2D eigenvalue weighted by molar-refractivity contribution is 0.379. The van der Waals surface area contributed by atoms with Crippen molar-refractivity contribution in [3.8, 4) is 96.8 Å². The maximum absolute atomic E-state index is 13.3. The molecule has 6 heterocycles. The van der Waals surface area contributed by atoms with Crippen molar-refractivity contribution < 1.29 is 41.6 Å². The van der Waals surface area contributed by atoms with Gasteiger partial charge in [-0.1, -0.05) is 91.0 Å². The average molecular weight is 1570 g/mol. The summed E-state index contributed by atoms with van der Waals surface area (Å²) >= 11 is 0. The van der Waals surface area contributed by atoms with Gasteiger partial charge in [-0.15, -0.1) is 0 Å². The van der Waals surface area contributed by atoms with Gasteiger partial charge in [0.2, 0.25) is 11.8 Å². The van der Waals surface area contributed by atoms with E-state index in [4.69, 9.17) is 33.5 Å². The minimum atomic E-state index is -0.271. The smallest absolute Gasteiger partial charge is 0.277 e. The van der Waals surface area contributed by atoms with Crippen LogP contribution in [0.25, 0.3) is 62.2 Å². The molecular formula is C94H88F3N11O9. The van der Waals surface area contributed by atoms with Gasteiger partial charge in [-0.3, -0.25) is 29.7 Å². The SMILES string of the molecule is COc1ccc(-c2[nH]n(-c3ccccc3)c(=O)c2CCc2ccc(F)cc2)cc1.COc1ccc(-c2[nH]n(-c3ccccn3)c(=O)c2CCc2ccc(F)cc2)cc1.COc1ccc(-c2[nH]n(C3=NCCN3)c(=O)c2CCc2cccc(OC)c2)cc1.COc1ccc(-c2nn(-c3ccccc3)c(OC)c2CCc2ccc(F)cc2)cc1. The number of aliphatic imine (C=N–C) groups is 1. The molecule has 0 saturated heterocycles. The van der Waals surface area contributed by atoms with Crippen LogP contribution in [-0.4, -0.2) is 106 Å². The second kappa shape index (κ2) is 38.9. The number of aromatic nitrogens is 9. The summed E-state index contributed by atoms with van der Waals surface area (Å²) in [6.45, 7) is 1.40. The van der Waals surface area contributed by atoms with Gasteiger partial charge < -0.3 is 33.7 Å². The highest BCUT2D eigenvalue weighted by Crippen LogP contribution is 2.36. The Kier molecular flexibility index (Phi) is 26.8. The topological polar surface area (TPSA) is 224 Å². The lowest BCUT2D eigenvalue weighted by Crippen LogP contribution is -2.34. The largest absolute Gasteiger partial charge is 0.497 e. The Balaban J connectivity index is 0.000000135. The molecule has 117 heavy (non-hydrogen) atoms. The van der Waals surface area contributed by atoms with E-state index in [1.54, 1.807) is 89.9 Å². The number of methoxy groups -OCH3 is 6. The monoisotopic (exact) mass is 1570 g/mol. The number of rotatable bonds is 25. The lowest BCUT2D eigenvalue weighted by atomic mass is 10.0. The van der Waals surface area contributed by atoms with Gasteiger partial charge in [-0.2, -0.15) is 9.78 Å². The fraction of sp³-hybridized carbons (Fsp3) is 0.170. The number of ether oxygens (including phenoxy) is 6. The molecule has 4 N–H and O–H groups in total. The number of aryl methyl sites for hydroxylation is 4. The molecule has 0 spiro atoms. The van der Waals surface area contributed by atoms with Crippen molar-refractivity contribution in [2.75, 3.05) is 55.7 Å². The summed E-state index contributed by atoms with van der Waals surface area (Å²) in [5, 5.41) is 17.8. The van der Waals surface area contributed by atoms with E-state index < -0.39 is 0 Å². The Morgan fingerprint density at radius 1 is 0.350 bits per heavy atom. The van der Waals surface area contributed by atoms with Crippen LogP contribution in [0.1, 0.15) is 44.5 Å². The van der Waals surface area contributed by atoms with Crippen molar-refractivity contribution in [3.63, 3.8) is 0 Å². The molecule has 20 nitrogen and oxygen atoms in total. The van der Waals surface area contributed by atoms with Crippen molar-refractivity contribution in [2.24, 2.45) is 4.99 Å². The quantitative estimate of drug-likeness (QED) is 0.0419. The number of halogens is 3. The van der Waals surface area contributed by atoms with Crippen LogP contribution in [0.5, 0.6) is 34.6 Å². The summed E-state index contributed by atoms with van der Waals surface area (Å²) in [6.07, 6.45) is 6.77. The van der Waals surface area contributed by atoms with Crippen LogP contribution in [0, 0.1) is 17.5 Å². The summed E-state index contributed by atoms with van der Waals surface area (Å²) in [4.78, 5) is 48.2. The van der Waals surface area contributed by atoms with Crippen LogP contribution in [0.15, 0.2) is 299 Å². The molecule has 1 aliphatic rings. The Labute approximate surface area is 674 Å². The van der Waals surface area contributed by atoms with Crippen molar-refractivity contribution >= 4 is 5.96 Å². The molecule has 15 aromatic rings. The van der Waals surface area contributed by atoms with Crippen LogP contribution >= 0.6 is 0 Å². The maximum Gasteiger partial charge on any atom is 0.277 e. The maximum atomic E-state index is 13.3. The summed E-state index contributed by atoms with van der Waals surface area (Å²) < 4.78 is 78.1. The van der Waals surface area contributed by atoms with Crippen LogP contribution < -0.4 is 50.4 Å². The van der Waals surface area contributed by atoms with E-state index in [0.717, 1.165) is 138 Å². The molecule has 16 rings (SSSR count). The van der Waals surface area contributed by atoms with Gasteiger partial charge in [0, 0.05) is 57.2 Å². The van der Waals surface area contributed by atoms with Gasteiger partial charge in [0.25, 0.3) is 16.7 Å². The van der Waals surface area contributed by atoms with Gasteiger partial charge in [0.05, 0.1) is 83.4 Å². The van der Waals surface area contributed by atoms with E-state index >= 15 is 0 Å². The number of pyridine rings is 1. The Bertz CT molecular complexity index is 5760. The first-order chi connectivity index (χ1) is 57.2. The van der Waals surface area contributed by atoms with E-state index in [2.05, 4.69) is 30.6 Å². The summed E-state index contributed by atoms with van der Waals surface area (Å²) in [5.41, 5.74) is 15.5. The van der Waals surface area contributed by atoms with Crippen LogP contribution in [0.3, 0.4) is 0 Å². The number of nitrogens with one attached hydrogen (secondary N) is 4. The first-order valence-electron chi connectivity index (χ1n) is 38.1. The molecule has 1 aliphatic heterocycles. The molecule has 0 fully saturated rings. The number of hydrogen-bond acceptors (Lipinski definition) is 13. The molecule has 0 saturated carbocycles. The number of para-hydroxylation sites is 2. The predicted molar refractivity (Wildman–Crippen MR) is 451 cm³/mol. The molecule has 0 unspecified atom stereocenters. The minimum absolute atomic E-state index is 0.0770. The standard InChI is InChI=1S/C25H23FN2O2.C24H21FN2O2.C23H20FN3O2.C22H24N4O3/c1-29-22-15-11-19(12-16-22)24-23(17-10-18-8-13-20(26)14-9-18)25(30-2)28(27-24)21-6-4-3-5-7-21;1-29-21-14-10-18(11-15-21)23-22(16-9-17-7-12-19(25)13-8-17)24(28)27(26-23)20-5-3-2-4-6-20;1-29-19-12-8-17(9-13-19)22-20(14-7-16-5-10-18(24)11-6-16)23(28)27(26-22)21-4-2-3-15-25-21;1-28-17-9-7-16(8-10-17)20-19(11-6-15-4-3-5-18(14-15)29-2)21(27)26(25-20)22-23-12-13-24-22/h3-9,11-16H,10,17H2,1-2H3;2-8,10-15,26H,9,16H2,1H3;2-6,8-13,15,26H,7,14H2,1H3;3-5,7-10,14,25H,6,11-13H2,1-2H3,(H,23,24). The van der Waals surface area contributed by atoms with E-state index in [9.17, 15) is 27.6 Å². The number of hydrogen-bond donors (Lipinski definition) is 4. The van der Waals surface area contributed by atoms with Crippen LogP contribution in [0.2, 0.25) is 0 Å². The minimum Gasteiger partial charge on any atom is -0.497 e. The Morgan fingerprint density at radius 2 is 0.744 bits per heavy atom. The third-order valence-corrected chi connectivity index (χ3v) is 19.9. The van der Waals surface area contributed by atoms with Crippen molar-refractivity contribution in [3.05, 3.63) is 372 Å². The van der Waals surface area contributed by atoms with E-state index in [1.807, 2.05) is 205 Å². The van der Waals surface area contributed by atoms with Gasteiger partial charge in [0.15, 0.2) is 5.82 Å². The molecular weight excluding hydrogens is 1480 g/mol. The molecule has 23 heteroatoms. The zero-order valence-corrected chi connectivity index (χ0v) is 65.6. The lowest BCUT2D eigenvalue weighted by Gasteiger charge is -2.09. The zero-order valence-electron chi connectivity index (χ0n) is 65.6. The first kappa shape index (κ1) is 80.7. The van der Waals surface area contributed by atoms with Crippen molar-refractivity contribution in [1.82, 2.24) is 49.4 Å². The Hall–Kier alpha value is -14.4. The summed E-state index contributed by atoms with van der Waals surface area (Å²) in [5.74, 6) is 4.91. The molecule has 0 amide bonds. The highest BCUT2D eigenvalue weighted by Gasteiger charge is 2.25. The number of nitrogens with zero attached hydrogens (tertiary/aromatic N) is 7. The predicted octanol–water partition coefficient (Wildman–Crippen LogP) is 16.9. The van der Waals surface area contributed by atoms with E-state index in [-0.39, 0.29) is 34.1 Å². The average Bonchev–Trinajstić information content (AvgIpc) is 1.65. The zero-order chi connectivity index (χ0) is 81.6. The second-order valence-electron chi connectivity index (χ2n) is 27.2. The fourth-order valence-corrected chi connectivity index (χ4v) is 13.6. The highest BCUT2D eigenvalue weighted by atomic mass is 19.1. The van der Waals surface area contributed by atoms with Crippen LogP contribution in [0.4, 0.5) is 13.2 Å².